The summed E-state index contributed by atoms with van der Waals surface area (Å²) in [5.74, 6) is -0.181. The van der Waals surface area contributed by atoms with Gasteiger partial charge in [0, 0.05) is 23.5 Å². The summed E-state index contributed by atoms with van der Waals surface area (Å²) in [7, 11) is 0. The minimum atomic E-state index is -0.232. The van der Waals surface area contributed by atoms with Crippen molar-refractivity contribution in [3.8, 4) is 10.4 Å². The fourth-order valence-electron chi connectivity index (χ4n) is 3.65. The zero-order valence-corrected chi connectivity index (χ0v) is 17.0. The summed E-state index contributed by atoms with van der Waals surface area (Å²) >= 11 is 1.65. The number of carbonyl (C=O) groups excluding carboxylic acids is 1. The lowest BCUT2D eigenvalue weighted by atomic mass is 10.1. The molecule has 0 spiro atoms. The van der Waals surface area contributed by atoms with Crippen molar-refractivity contribution >= 4 is 28.6 Å². The van der Waals surface area contributed by atoms with Gasteiger partial charge in [-0.2, -0.15) is 0 Å². The highest BCUT2D eigenvalue weighted by atomic mass is 32.1. The third kappa shape index (κ3) is 4.85. The standard InChI is InChI=1S/C23H25N3O2S/c24-20-10-9-18(22-4-2-12-29-22)13-21(20)25-23(28)17-7-5-16(6-8-17)14-26-11-1-3-19(27)15-26/h2,4-10,12-13,19,27H,1,3,11,14-15,24H2,(H,25,28). The molecule has 1 amide bonds. The maximum absolute atomic E-state index is 12.7. The number of β-amino-alcohol motifs (C(OH)–C–C–N with tert-alkyl or cyclic N) is 1. The maximum Gasteiger partial charge on any atom is 0.255 e. The van der Waals surface area contributed by atoms with Crippen molar-refractivity contribution < 1.29 is 9.90 Å². The molecule has 2 heterocycles. The van der Waals surface area contributed by atoms with E-state index in [0.29, 0.717) is 23.5 Å². The molecule has 5 nitrogen and oxygen atoms in total. The van der Waals surface area contributed by atoms with Crippen LogP contribution >= 0.6 is 11.3 Å². The first-order chi connectivity index (χ1) is 14.1. The monoisotopic (exact) mass is 407 g/mol. The first-order valence-electron chi connectivity index (χ1n) is 9.82. The lowest BCUT2D eigenvalue weighted by Crippen LogP contribution is -2.37. The van der Waals surface area contributed by atoms with Crippen LogP contribution in [0.2, 0.25) is 0 Å². The Labute approximate surface area is 174 Å². The minimum absolute atomic E-state index is 0.181. The Balaban J connectivity index is 1.43. The van der Waals surface area contributed by atoms with Gasteiger partial charge in [-0.3, -0.25) is 9.69 Å². The van der Waals surface area contributed by atoms with Crippen LogP contribution in [0.25, 0.3) is 10.4 Å². The van der Waals surface area contributed by atoms with Crippen LogP contribution in [0.4, 0.5) is 11.4 Å². The molecule has 4 rings (SSSR count). The Morgan fingerprint density at radius 2 is 2.03 bits per heavy atom. The molecule has 1 unspecified atom stereocenters. The van der Waals surface area contributed by atoms with Crippen molar-refractivity contribution in [3.63, 3.8) is 0 Å². The Morgan fingerprint density at radius 1 is 1.21 bits per heavy atom. The third-order valence-electron chi connectivity index (χ3n) is 5.21. The Bertz CT molecular complexity index is 970. The van der Waals surface area contributed by atoms with E-state index < -0.39 is 0 Å². The average molecular weight is 408 g/mol. The van der Waals surface area contributed by atoms with E-state index in [4.69, 9.17) is 5.73 Å². The zero-order valence-electron chi connectivity index (χ0n) is 16.2. The van der Waals surface area contributed by atoms with E-state index in [1.165, 1.54) is 0 Å². The number of likely N-dealkylation sites (tertiary alicyclic amines) is 1. The van der Waals surface area contributed by atoms with Gasteiger partial charge in [0.2, 0.25) is 0 Å². The summed E-state index contributed by atoms with van der Waals surface area (Å²) in [6, 6.07) is 17.4. The second-order valence-corrected chi connectivity index (χ2v) is 8.41. The number of nitrogens with two attached hydrogens (primary N) is 1. The first-order valence-corrected chi connectivity index (χ1v) is 10.7. The molecule has 1 aromatic heterocycles. The van der Waals surface area contributed by atoms with Gasteiger partial charge in [-0.15, -0.1) is 11.3 Å². The van der Waals surface area contributed by atoms with Crippen molar-refractivity contribution in [1.29, 1.82) is 0 Å². The Morgan fingerprint density at radius 3 is 2.76 bits per heavy atom. The van der Waals surface area contributed by atoms with Gasteiger partial charge in [-0.1, -0.05) is 24.3 Å². The quantitative estimate of drug-likeness (QED) is 0.554. The molecule has 1 saturated heterocycles. The summed E-state index contributed by atoms with van der Waals surface area (Å²) in [5.41, 5.74) is 9.99. The van der Waals surface area contributed by atoms with Gasteiger partial charge >= 0.3 is 0 Å². The molecule has 0 saturated carbocycles. The number of nitrogens with zero attached hydrogens (tertiary/aromatic N) is 1. The summed E-state index contributed by atoms with van der Waals surface area (Å²) < 4.78 is 0. The number of rotatable bonds is 5. The molecule has 1 aliphatic rings. The number of nitrogens with one attached hydrogen (secondary N) is 1. The third-order valence-corrected chi connectivity index (χ3v) is 6.13. The van der Waals surface area contributed by atoms with E-state index >= 15 is 0 Å². The van der Waals surface area contributed by atoms with Gasteiger partial charge in [-0.05, 0) is 66.2 Å². The first kappa shape index (κ1) is 19.6. The molecule has 0 aliphatic carbocycles. The SMILES string of the molecule is Nc1ccc(-c2cccs2)cc1NC(=O)c1ccc(CN2CCCC(O)C2)cc1. The molecule has 2 aromatic carbocycles. The van der Waals surface area contributed by atoms with Crippen molar-refractivity contribution in [1.82, 2.24) is 4.90 Å². The van der Waals surface area contributed by atoms with Crippen molar-refractivity contribution in [2.75, 3.05) is 24.1 Å². The zero-order chi connectivity index (χ0) is 20.2. The van der Waals surface area contributed by atoms with Crippen LogP contribution in [0.5, 0.6) is 0 Å². The van der Waals surface area contributed by atoms with Crippen LogP contribution in [0.1, 0.15) is 28.8 Å². The van der Waals surface area contributed by atoms with Gasteiger partial charge in [0.15, 0.2) is 0 Å². The largest absolute Gasteiger partial charge is 0.397 e. The highest BCUT2D eigenvalue weighted by Crippen LogP contribution is 2.30. The highest BCUT2D eigenvalue weighted by molar-refractivity contribution is 7.13. The number of anilines is 2. The van der Waals surface area contributed by atoms with E-state index in [9.17, 15) is 9.90 Å². The van der Waals surface area contributed by atoms with Crippen molar-refractivity contribution in [2.24, 2.45) is 0 Å². The van der Waals surface area contributed by atoms with E-state index in [1.54, 1.807) is 11.3 Å². The van der Waals surface area contributed by atoms with E-state index in [0.717, 1.165) is 41.9 Å². The number of carbonyl (C=O) groups is 1. The molecule has 3 aromatic rings. The summed E-state index contributed by atoms with van der Waals surface area (Å²) in [6.45, 7) is 2.50. The number of benzene rings is 2. The normalized spacial score (nSPS) is 17.2. The number of piperidine rings is 1. The molecule has 0 radical (unpaired) electrons. The molecule has 1 atom stereocenters. The lowest BCUT2D eigenvalue weighted by molar-refractivity contribution is 0.0668. The van der Waals surface area contributed by atoms with Crippen LogP contribution in [-0.2, 0) is 6.54 Å². The lowest BCUT2D eigenvalue weighted by Gasteiger charge is -2.29. The van der Waals surface area contributed by atoms with Gasteiger partial charge in [0.1, 0.15) is 0 Å². The second kappa shape index (κ2) is 8.78. The van der Waals surface area contributed by atoms with Crippen LogP contribution in [0, 0.1) is 0 Å². The van der Waals surface area contributed by atoms with Crippen LogP contribution < -0.4 is 11.1 Å². The number of aliphatic hydroxyl groups excluding tert-OH is 1. The van der Waals surface area contributed by atoms with E-state index in [2.05, 4.69) is 10.2 Å². The maximum atomic E-state index is 12.7. The predicted octanol–water partition coefficient (Wildman–Crippen LogP) is 4.21. The molecule has 1 aliphatic heterocycles. The number of thiophene rings is 1. The molecular formula is C23H25N3O2S. The topological polar surface area (TPSA) is 78.6 Å². The Kier molecular flexibility index (Phi) is 5.94. The minimum Gasteiger partial charge on any atom is -0.397 e. The van der Waals surface area contributed by atoms with Gasteiger partial charge in [0.05, 0.1) is 17.5 Å². The fourth-order valence-corrected chi connectivity index (χ4v) is 4.37. The predicted molar refractivity (Wildman–Crippen MR) is 119 cm³/mol. The smallest absolute Gasteiger partial charge is 0.255 e. The Hall–Kier alpha value is -2.67. The highest BCUT2D eigenvalue weighted by Gasteiger charge is 2.17. The molecular weight excluding hydrogens is 382 g/mol. The van der Waals surface area contributed by atoms with Gasteiger partial charge < -0.3 is 16.2 Å². The van der Waals surface area contributed by atoms with Gasteiger partial charge in [-0.25, -0.2) is 0 Å². The van der Waals surface area contributed by atoms with Crippen LogP contribution in [0.3, 0.4) is 0 Å². The van der Waals surface area contributed by atoms with Crippen molar-refractivity contribution in [3.05, 3.63) is 71.1 Å². The summed E-state index contributed by atoms with van der Waals surface area (Å²) in [4.78, 5) is 16.1. The average Bonchev–Trinajstić information content (AvgIpc) is 3.25. The number of aliphatic hydroxyl groups is 1. The fraction of sp³-hybridized carbons (Fsp3) is 0.261. The molecule has 1 fully saturated rings. The number of hydrogen-bond donors (Lipinski definition) is 3. The molecule has 0 bridgehead atoms. The van der Waals surface area contributed by atoms with Crippen LogP contribution in [-0.4, -0.2) is 35.1 Å². The number of hydrogen-bond acceptors (Lipinski definition) is 5. The molecule has 4 N–H and O–H groups in total. The second-order valence-electron chi connectivity index (χ2n) is 7.46. The van der Waals surface area contributed by atoms with E-state index in [-0.39, 0.29) is 12.0 Å². The molecule has 29 heavy (non-hydrogen) atoms. The van der Waals surface area contributed by atoms with Crippen molar-refractivity contribution in [2.45, 2.75) is 25.5 Å². The number of amides is 1. The van der Waals surface area contributed by atoms with Crippen LogP contribution in [0.15, 0.2) is 60.0 Å². The summed E-state index contributed by atoms with van der Waals surface area (Å²) in [6.07, 6.45) is 1.67. The molecule has 150 valence electrons. The van der Waals surface area contributed by atoms with Gasteiger partial charge in [0.25, 0.3) is 5.91 Å². The number of nitrogen functional groups attached to an aromatic ring is 1. The molecule has 6 heteroatoms. The summed E-state index contributed by atoms with van der Waals surface area (Å²) in [5, 5.41) is 14.8. The van der Waals surface area contributed by atoms with E-state index in [1.807, 2.05) is 60.0 Å².